The van der Waals surface area contributed by atoms with Gasteiger partial charge in [0.15, 0.2) is 5.96 Å². The summed E-state index contributed by atoms with van der Waals surface area (Å²) in [5.41, 5.74) is 0.455. The summed E-state index contributed by atoms with van der Waals surface area (Å²) in [4.78, 5) is 19.4. The fraction of sp³-hybridized carbons (Fsp3) is 0.474. The van der Waals surface area contributed by atoms with Gasteiger partial charge in [0.05, 0.1) is 11.1 Å². The van der Waals surface area contributed by atoms with E-state index in [1.54, 1.807) is 24.4 Å². The summed E-state index contributed by atoms with van der Waals surface area (Å²) in [5.74, 6) is 2.01. The number of oxazole rings is 1. The summed E-state index contributed by atoms with van der Waals surface area (Å²) < 4.78 is 5.75. The van der Waals surface area contributed by atoms with Crippen LogP contribution in [0.4, 0.5) is 11.4 Å². The Bertz CT molecular complexity index is 816. The van der Waals surface area contributed by atoms with Crippen LogP contribution in [-0.4, -0.2) is 35.5 Å². The molecule has 10 heteroatoms. The largest absolute Gasteiger partial charge is 0.443 e. The van der Waals surface area contributed by atoms with Crippen LogP contribution in [0.1, 0.15) is 39.3 Å². The molecule has 0 saturated heterocycles. The first-order valence-electron chi connectivity index (χ1n) is 9.26. The van der Waals surface area contributed by atoms with Gasteiger partial charge in [0, 0.05) is 31.1 Å². The molecule has 0 fully saturated rings. The Labute approximate surface area is 187 Å². The number of aliphatic imine (C=N–C) groups is 1. The van der Waals surface area contributed by atoms with Crippen molar-refractivity contribution < 1.29 is 9.34 Å². The predicted molar refractivity (Wildman–Crippen MR) is 125 cm³/mol. The molecule has 0 bridgehead atoms. The number of nitrogens with one attached hydrogen (secondary N) is 3. The van der Waals surface area contributed by atoms with Crippen LogP contribution in [0.5, 0.6) is 0 Å². The molecule has 0 radical (unpaired) electrons. The molecule has 0 unspecified atom stereocenters. The summed E-state index contributed by atoms with van der Waals surface area (Å²) in [7, 11) is 0. The van der Waals surface area contributed by atoms with Crippen molar-refractivity contribution in [3.05, 3.63) is 52.2 Å². The van der Waals surface area contributed by atoms with Gasteiger partial charge >= 0.3 is 0 Å². The van der Waals surface area contributed by atoms with Gasteiger partial charge in [-0.1, -0.05) is 32.9 Å². The first-order valence-corrected chi connectivity index (χ1v) is 9.26. The molecule has 0 saturated carbocycles. The van der Waals surface area contributed by atoms with Crippen LogP contribution >= 0.6 is 24.0 Å². The zero-order chi connectivity index (χ0) is 20.6. The van der Waals surface area contributed by atoms with Crippen molar-refractivity contribution >= 4 is 41.3 Å². The molecule has 1 aromatic carbocycles. The molecule has 2 rings (SSSR count). The Kier molecular flexibility index (Phi) is 9.86. The molecule has 9 nitrogen and oxygen atoms in total. The lowest BCUT2D eigenvalue weighted by atomic mass is 9.94. The number of aromatic nitrogens is 1. The quantitative estimate of drug-likeness (QED) is 0.122. The summed E-state index contributed by atoms with van der Waals surface area (Å²) in [5, 5.41) is 20.4. The number of guanidine groups is 1. The molecule has 1 aromatic heterocycles. The monoisotopic (exact) mass is 516 g/mol. The van der Waals surface area contributed by atoms with Crippen LogP contribution in [0.15, 0.2) is 39.9 Å². The fourth-order valence-electron chi connectivity index (χ4n) is 2.38. The van der Waals surface area contributed by atoms with Crippen molar-refractivity contribution in [2.24, 2.45) is 4.99 Å². The molecular weight excluding hydrogens is 487 g/mol. The minimum Gasteiger partial charge on any atom is -0.443 e. The molecule has 0 atom stereocenters. The number of anilines is 1. The average molecular weight is 516 g/mol. The third kappa shape index (κ3) is 7.87. The van der Waals surface area contributed by atoms with Crippen LogP contribution in [-0.2, 0) is 12.0 Å². The highest BCUT2D eigenvalue weighted by atomic mass is 127. The van der Waals surface area contributed by atoms with E-state index in [1.165, 1.54) is 6.07 Å². The van der Waals surface area contributed by atoms with Gasteiger partial charge in [-0.3, -0.25) is 10.1 Å². The second-order valence-electron chi connectivity index (χ2n) is 7.19. The predicted octanol–water partition coefficient (Wildman–Crippen LogP) is 3.67. The summed E-state index contributed by atoms with van der Waals surface area (Å²) in [6, 6.07) is 6.57. The topological polar surface area (TPSA) is 118 Å². The van der Waals surface area contributed by atoms with E-state index in [0.29, 0.717) is 43.7 Å². The Balaban J connectivity index is 0.00000420. The maximum atomic E-state index is 11.0. The normalized spacial score (nSPS) is 11.5. The second kappa shape index (κ2) is 11.6. The Morgan fingerprint density at radius 3 is 2.59 bits per heavy atom. The van der Waals surface area contributed by atoms with Crippen molar-refractivity contribution in [3.63, 3.8) is 0 Å². The van der Waals surface area contributed by atoms with E-state index in [9.17, 15) is 10.1 Å². The van der Waals surface area contributed by atoms with E-state index in [-0.39, 0.29) is 35.1 Å². The fourth-order valence-corrected chi connectivity index (χ4v) is 2.38. The molecule has 3 N–H and O–H groups in total. The molecule has 0 aliphatic rings. The standard InChI is InChI=1S/C19H28N6O3.HI/c1-5-20-18(24-13-17-23-12-16(28-17)19(2,3)4)22-11-10-21-14-8-6-7-9-15(14)25(26)27;/h6-9,12,21H,5,10-11,13H2,1-4H3,(H2,20,22,24);1H. The number of hydrogen-bond acceptors (Lipinski definition) is 6. The molecule has 29 heavy (non-hydrogen) atoms. The molecule has 0 spiro atoms. The van der Waals surface area contributed by atoms with Crippen LogP contribution < -0.4 is 16.0 Å². The summed E-state index contributed by atoms with van der Waals surface area (Å²) in [6.45, 7) is 10.2. The maximum Gasteiger partial charge on any atom is 0.292 e. The minimum atomic E-state index is -0.399. The lowest BCUT2D eigenvalue weighted by Crippen LogP contribution is -2.39. The Morgan fingerprint density at radius 1 is 1.24 bits per heavy atom. The highest BCUT2D eigenvalue weighted by Gasteiger charge is 2.19. The van der Waals surface area contributed by atoms with E-state index >= 15 is 0 Å². The lowest BCUT2D eigenvalue weighted by Gasteiger charge is -2.13. The van der Waals surface area contributed by atoms with Gasteiger partial charge in [0.2, 0.25) is 5.89 Å². The van der Waals surface area contributed by atoms with Gasteiger partial charge in [-0.2, -0.15) is 0 Å². The molecular formula is C19H29IN6O3. The zero-order valence-electron chi connectivity index (χ0n) is 17.2. The van der Waals surface area contributed by atoms with Crippen molar-refractivity contribution in [1.82, 2.24) is 15.6 Å². The number of nitrogens with zero attached hydrogens (tertiary/aromatic N) is 3. The molecule has 2 aromatic rings. The molecule has 0 aliphatic heterocycles. The second-order valence-corrected chi connectivity index (χ2v) is 7.19. The number of benzene rings is 1. The highest BCUT2D eigenvalue weighted by molar-refractivity contribution is 14.0. The van der Waals surface area contributed by atoms with Crippen molar-refractivity contribution in [3.8, 4) is 0 Å². The van der Waals surface area contributed by atoms with Gasteiger partial charge in [-0.25, -0.2) is 9.98 Å². The van der Waals surface area contributed by atoms with Crippen LogP contribution in [0.2, 0.25) is 0 Å². The number of nitro benzene ring substituents is 1. The Hall–Kier alpha value is -2.37. The average Bonchev–Trinajstić information content (AvgIpc) is 3.13. The van der Waals surface area contributed by atoms with Gasteiger partial charge in [0.25, 0.3) is 5.69 Å². The van der Waals surface area contributed by atoms with E-state index < -0.39 is 4.92 Å². The van der Waals surface area contributed by atoms with E-state index in [4.69, 9.17) is 4.42 Å². The third-order valence-electron chi connectivity index (χ3n) is 3.84. The maximum absolute atomic E-state index is 11.0. The Morgan fingerprint density at radius 2 is 1.97 bits per heavy atom. The van der Waals surface area contributed by atoms with Gasteiger partial charge in [0.1, 0.15) is 18.0 Å². The summed E-state index contributed by atoms with van der Waals surface area (Å²) in [6.07, 6.45) is 1.74. The minimum absolute atomic E-state index is 0. The van der Waals surface area contributed by atoms with Crippen LogP contribution in [0, 0.1) is 10.1 Å². The van der Waals surface area contributed by atoms with Crippen molar-refractivity contribution in [2.75, 3.05) is 25.0 Å². The van der Waals surface area contributed by atoms with Gasteiger partial charge in [-0.15, -0.1) is 24.0 Å². The van der Waals surface area contributed by atoms with Gasteiger partial charge in [-0.05, 0) is 13.0 Å². The highest BCUT2D eigenvalue weighted by Crippen LogP contribution is 2.23. The lowest BCUT2D eigenvalue weighted by molar-refractivity contribution is -0.384. The third-order valence-corrected chi connectivity index (χ3v) is 3.84. The molecule has 160 valence electrons. The molecule has 0 amide bonds. The van der Waals surface area contributed by atoms with Gasteiger partial charge < -0.3 is 20.4 Å². The van der Waals surface area contributed by atoms with Crippen LogP contribution in [0.25, 0.3) is 0 Å². The molecule has 1 heterocycles. The first kappa shape index (κ1) is 24.7. The van der Waals surface area contributed by atoms with E-state index in [2.05, 4.69) is 46.7 Å². The van der Waals surface area contributed by atoms with Crippen LogP contribution in [0.3, 0.4) is 0 Å². The number of nitro groups is 1. The smallest absolute Gasteiger partial charge is 0.292 e. The van der Waals surface area contributed by atoms with E-state index in [1.807, 2.05) is 6.92 Å². The number of hydrogen-bond donors (Lipinski definition) is 3. The summed E-state index contributed by atoms with van der Waals surface area (Å²) >= 11 is 0. The zero-order valence-corrected chi connectivity index (χ0v) is 19.5. The SMILES string of the molecule is CCNC(=NCc1ncc(C(C)(C)C)o1)NCCNc1ccccc1[N+](=O)[O-].I. The molecule has 0 aliphatic carbocycles. The van der Waals surface area contributed by atoms with E-state index in [0.717, 1.165) is 5.76 Å². The van der Waals surface area contributed by atoms with Crippen molar-refractivity contribution in [1.29, 1.82) is 0 Å². The first-order chi connectivity index (χ1) is 13.3. The number of halogens is 1. The number of rotatable bonds is 8. The number of para-hydroxylation sites is 2. The van der Waals surface area contributed by atoms with Crippen molar-refractivity contribution in [2.45, 2.75) is 39.7 Å².